The Balaban J connectivity index is 1.92. The standard InChI is InChI=1S/C38H51N3/c1-25-15-14-16-28(19-25)33-39-40-34(38(12,13)24-35(3,4)5)41(33)32-18-17-27(20-26(32)2)29-21-30(36(6,7)8)23-31(22-29)37(9,10)11/h14-23H,24H2,1-13H3. The highest BCUT2D eigenvalue weighted by Crippen LogP contribution is 2.40. The van der Waals surface area contributed by atoms with Crippen molar-refractivity contribution in [1.29, 1.82) is 0 Å². The summed E-state index contributed by atoms with van der Waals surface area (Å²) in [7, 11) is 0. The third-order valence-corrected chi connectivity index (χ3v) is 7.95. The quantitative estimate of drug-likeness (QED) is 0.248. The molecule has 0 bridgehead atoms. The molecule has 0 unspecified atom stereocenters. The summed E-state index contributed by atoms with van der Waals surface area (Å²) >= 11 is 0. The third-order valence-electron chi connectivity index (χ3n) is 7.95. The molecule has 3 nitrogen and oxygen atoms in total. The largest absolute Gasteiger partial charge is 0.278 e. The van der Waals surface area contributed by atoms with Crippen LogP contribution in [0.15, 0.2) is 60.7 Å². The Morgan fingerprint density at radius 1 is 0.610 bits per heavy atom. The molecule has 0 amide bonds. The van der Waals surface area contributed by atoms with Crippen molar-refractivity contribution in [1.82, 2.24) is 14.8 Å². The summed E-state index contributed by atoms with van der Waals surface area (Å²) in [4.78, 5) is 0. The van der Waals surface area contributed by atoms with Crippen LogP contribution in [0.25, 0.3) is 28.2 Å². The number of benzene rings is 3. The molecule has 0 saturated heterocycles. The highest BCUT2D eigenvalue weighted by Gasteiger charge is 2.34. The molecule has 0 atom stereocenters. The van der Waals surface area contributed by atoms with E-state index in [9.17, 15) is 0 Å². The molecule has 3 heteroatoms. The predicted octanol–water partition coefficient (Wildman–Crippen LogP) is 10.5. The number of nitrogens with zero attached hydrogens (tertiary/aromatic N) is 3. The fourth-order valence-corrected chi connectivity index (χ4v) is 6.07. The van der Waals surface area contributed by atoms with Crippen LogP contribution in [0.2, 0.25) is 0 Å². The van der Waals surface area contributed by atoms with Gasteiger partial charge in [-0.05, 0) is 82.5 Å². The predicted molar refractivity (Wildman–Crippen MR) is 176 cm³/mol. The number of aromatic nitrogens is 3. The van der Waals surface area contributed by atoms with Gasteiger partial charge in [-0.3, -0.25) is 4.57 Å². The van der Waals surface area contributed by atoms with Crippen LogP contribution < -0.4 is 0 Å². The second kappa shape index (κ2) is 10.6. The molecule has 1 aromatic heterocycles. The first-order valence-electron chi connectivity index (χ1n) is 15.1. The highest BCUT2D eigenvalue weighted by atomic mass is 15.3. The summed E-state index contributed by atoms with van der Waals surface area (Å²) in [5, 5.41) is 9.68. The number of hydrogen-bond acceptors (Lipinski definition) is 2. The Hall–Kier alpha value is -3.20. The fraction of sp³-hybridized carbons (Fsp3) is 0.474. The number of aryl methyl sites for hydroxylation is 2. The van der Waals surface area contributed by atoms with E-state index in [0.29, 0.717) is 0 Å². The monoisotopic (exact) mass is 549 g/mol. The van der Waals surface area contributed by atoms with Gasteiger partial charge in [0.1, 0.15) is 5.82 Å². The summed E-state index contributed by atoms with van der Waals surface area (Å²) in [5.74, 6) is 1.90. The molecule has 41 heavy (non-hydrogen) atoms. The van der Waals surface area contributed by atoms with Crippen LogP contribution in [0.5, 0.6) is 0 Å². The van der Waals surface area contributed by atoms with Gasteiger partial charge in [0.05, 0.1) is 5.69 Å². The number of hydrogen-bond donors (Lipinski definition) is 0. The topological polar surface area (TPSA) is 30.7 Å². The van der Waals surface area contributed by atoms with Gasteiger partial charge in [0.15, 0.2) is 5.82 Å². The van der Waals surface area contributed by atoms with Crippen molar-refractivity contribution < 1.29 is 0 Å². The average molecular weight is 550 g/mol. The minimum absolute atomic E-state index is 0.0731. The molecular formula is C38H51N3. The summed E-state index contributed by atoms with van der Waals surface area (Å²) in [6.07, 6.45) is 0.998. The Kier molecular flexibility index (Phi) is 7.93. The van der Waals surface area contributed by atoms with E-state index in [4.69, 9.17) is 10.2 Å². The summed E-state index contributed by atoms with van der Waals surface area (Å²) in [6.45, 7) is 29.6. The van der Waals surface area contributed by atoms with Crippen LogP contribution in [-0.2, 0) is 16.2 Å². The SMILES string of the molecule is Cc1cccc(-c2nnc(C(C)(C)CC(C)(C)C)n2-c2ccc(-c3cc(C(C)(C)C)cc(C(C)(C)C)c3)cc2C)c1. The van der Waals surface area contributed by atoms with Crippen molar-refractivity contribution in [2.45, 2.75) is 113 Å². The fourth-order valence-electron chi connectivity index (χ4n) is 6.07. The lowest BCUT2D eigenvalue weighted by atomic mass is 9.75. The Bertz CT molecular complexity index is 1510. The third kappa shape index (κ3) is 6.83. The molecule has 3 aromatic carbocycles. The van der Waals surface area contributed by atoms with Crippen molar-refractivity contribution >= 4 is 0 Å². The molecule has 4 rings (SSSR count). The molecule has 218 valence electrons. The van der Waals surface area contributed by atoms with E-state index in [-0.39, 0.29) is 21.7 Å². The van der Waals surface area contributed by atoms with Gasteiger partial charge in [0.2, 0.25) is 0 Å². The minimum atomic E-state index is -0.166. The molecule has 0 aliphatic heterocycles. The van der Waals surface area contributed by atoms with Gasteiger partial charge in [-0.25, -0.2) is 0 Å². The Labute approximate surface area is 249 Å². The first-order valence-corrected chi connectivity index (χ1v) is 15.1. The summed E-state index contributed by atoms with van der Waals surface area (Å²) in [5.41, 5.74) is 10.0. The van der Waals surface area contributed by atoms with Crippen molar-refractivity contribution in [3.63, 3.8) is 0 Å². The van der Waals surface area contributed by atoms with Gasteiger partial charge in [-0.1, -0.05) is 124 Å². The molecule has 0 aliphatic rings. The number of rotatable bonds is 5. The van der Waals surface area contributed by atoms with E-state index in [2.05, 4.69) is 155 Å². The highest BCUT2D eigenvalue weighted by molar-refractivity contribution is 5.70. The van der Waals surface area contributed by atoms with E-state index in [1.165, 1.54) is 33.4 Å². The lowest BCUT2D eigenvalue weighted by Crippen LogP contribution is -2.28. The smallest absolute Gasteiger partial charge is 0.168 e. The molecule has 1 heterocycles. The van der Waals surface area contributed by atoms with E-state index in [1.807, 2.05) is 0 Å². The Morgan fingerprint density at radius 2 is 1.22 bits per heavy atom. The maximum Gasteiger partial charge on any atom is 0.168 e. The minimum Gasteiger partial charge on any atom is -0.278 e. The first-order chi connectivity index (χ1) is 18.8. The molecule has 0 fully saturated rings. The van der Waals surface area contributed by atoms with Gasteiger partial charge in [0, 0.05) is 11.0 Å². The maximum atomic E-state index is 4.87. The van der Waals surface area contributed by atoms with Gasteiger partial charge < -0.3 is 0 Å². The molecule has 0 aliphatic carbocycles. The van der Waals surface area contributed by atoms with Crippen molar-refractivity contribution in [3.8, 4) is 28.2 Å². The van der Waals surface area contributed by atoms with Crippen LogP contribution in [0.1, 0.15) is 111 Å². The lowest BCUT2D eigenvalue weighted by Gasteiger charge is -2.32. The lowest BCUT2D eigenvalue weighted by molar-refractivity contribution is 0.272. The average Bonchev–Trinajstić information content (AvgIpc) is 3.27. The van der Waals surface area contributed by atoms with Gasteiger partial charge >= 0.3 is 0 Å². The second-order valence-electron chi connectivity index (χ2n) is 16.0. The van der Waals surface area contributed by atoms with E-state index in [1.54, 1.807) is 0 Å². The van der Waals surface area contributed by atoms with Gasteiger partial charge in [-0.15, -0.1) is 10.2 Å². The van der Waals surface area contributed by atoms with Crippen molar-refractivity contribution in [3.05, 3.63) is 88.7 Å². The van der Waals surface area contributed by atoms with Crippen molar-refractivity contribution in [2.24, 2.45) is 5.41 Å². The molecule has 0 radical (unpaired) electrons. The normalized spacial score (nSPS) is 13.1. The Morgan fingerprint density at radius 3 is 1.73 bits per heavy atom. The summed E-state index contributed by atoms with van der Waals surface area (Å²) < 4.78 is 2.31. The van der Waals surface area contributed by atoms with Gasteiger partial charge in [0.25, 0.3) is 0 Å². The van der Waals surface area contributed by atoms with Crippen LogP contribution in [-0.4, -0.2) is 14.8 Å². The van der Waals surface area contributed by atoms with Crippen LogP contribution in [0, 0.1) is 19.3 Å². The van der Waals surface area contributed by atoms with E-state index in [0.717, 1.165) is 29.3 Å². The zero-order valence-electron chi connectivity index (χ0n) is 27.8. The van der Waals surface area contributed by atoms with Crippen LogP contribution >= 0.6 is 0 Å². The first kappa shape index (κ1) is 30.8. The zero-order valence-corrected chi connectivity index (χ0v) is 27.8. The summed E-state index contributed by atoms with van der Waals surface area (Å²) in [6, 6.07) is 22.6. The molecule has 0 saturated carbocycles. The molecule has 0 N–H and O–H groups in total. The molecular weight excluding hydrogens is 498 g/mol. The van der Waals surface area contributed by atoms with E-state index < -0.39 is 0 Å². The van der Waals surface area contributed by atoms with Crippen LogP contribution in [0.3, 0.4) is 0 Å². The van der Waals surface area contributed by atoms with Crippen molar-refractivity contribution in [2.75, 3.05) is 0 Å². The second-order valence-corrected chi connectivity index (χ2v) is 16.0. The van der Waals surface area contributed by atoms with Crippen LogP contribution in [0.4, 0.5) is 0 Å². The zero-order chi connectivity index (χ0) is 30.5. The van der Waals surface area contributed by atoms with E-state index >= 15 is 0 Å². The maximum absolute atomic E-state index is 4.87. The molecule has 0 spiro atoms. The molecule has 4 aromatic rings. The van der Waals surface area contributed by atoms with Gasteiger partial charge in [-0.2, -0.15) is 0 Å².